The molecule has 1 heterocycles. The van der Waals surface area contributed by atoms with Crippen molar-refractivity contribution in [2.45, 2.75) is 44.7 Å². The van der Waals surface area contributed by atoms with Crippen LogP contribution in [0.25, 0.3) is 5.69 Å². The minimum atomic E-state index is -4.89. The Kier molecular flexibility index (Phi) is 8.38. The highest BCUT2D eigenvalue weighted by molar-refractivity contribution is 5.98. The molecule has 200 valence electrons. The van der Waals surface area contributed by atoms with Crippen LogP contribution < -0.4 is 5.32 Å². The first-order valence-corrected chi connectivity index (χ1v) is 12.5. The van der Waals surface area contributed by atoms with Crippen LogP contribution in [0.3, 0.4) is 0 Å². The fraction of sp³-hybridized carbons (Fsp3) is 0.357. The van der Waals surface area contributed by atoms with Crippen LogP contribution in [0.4, 0.5) is 17.6 Å². The van der Waals surface area contributed by atoms with Crippen molar-refractivity contribution in [3.63, 3.8) is 0 Å². The molecule has 1 aliphatic carbocycles. The molecule has 1 amide bonds. The van der Waals surface area contributed by atoms with Crippen molar-refractivity contribution in [3.8, 4) is 5.69 Å². The number of ketones is 2. The summed E-state index contributed by atoms with van der Waals surface area (Å²) in [7, 11) is 0. The Morgan fingerprint density at radius 2 is 1.63 bits per heavy atom. The highest BCUT2D eigenvalue weighted by atomic mass is 19.4. The van der Waals surface area contributed by atoms with Crippen LogP contribution in [0, 0.1) is 17.7 Å². The predicted molar refractivity (Wildman–Crippen MR) is 131 cm³/mol. The summed E-state index contributed by atoms with van der Waals surface area (Å²) in [6.45, 7) is 0.00878. The molecule has 4 rings (SSSR count). The summed E-state index contributed by atoms with van der Waals surface area (Å²) >= 11 is 0. The lowest BCUT2D eigenvalue weighted by Gasteiger charge is -2.26. The Bertz CT molecular complexity index is 1300. The number of benzene rings is 2. The van der Waals surface area contributed by atoms with Crippen LogP contribution in [0.15, 0.2) is 60.8 Å². The van der Waals surface area contributed by atoms with Gasteiger partial charge >= 0.3 is 6.18 Å². The van der Waals surface area contributed by atoms with Crippen LogP contribution in [0.1, 0.15) is 64.9 Å². The molecule has 0 atom stereocenters. The van der Waals surface area contributed by atoms with Gasteiger partial charge in [-0.2, -0.15) is 18.3 Å². The zero-order valence-corrected chi connectivity index (χ0v) is 20.5. The molecule has 0 saturated heterocycles. The van der Waals surface area contributed by atoms with E-state index < -0.39 is 29.2 Å². The average molecular weight is 530 g/mol. The van der Waals surface area contributed by atoms with Gasteiger partial charge in [0.15, 0.2) is 11.5 Å². The number of amides is 1. The lowest BCUT2D eigenvalue weighted by atomic mass is 9.76. The van der Waals surface area contributed by atoms with Crippen LogP contribution in [-0.2, 0) is 11.0 Å². The van der Waals surface area contributed by atoms with Gasteiger partial charge in [0.05, 0.1) is 11.3 Å². The third-order valence-electron chi connectivity index (χ3n) is 6.80. The molecule has 10 heteroatoms. The molecular formula is C28H27F4N3O3. The number of rotatable bonds is 9. The number of carbonyl (C=O) groups excluding carboxylic acids is 3. The minimum absolute atomic E-state index is 0.00878. The summed E-state index contributed by atoms with van der Waals surface area (Å²) in [6.07, 6.45) is -1.03. The number of nitrogens with zero attached hydrogens (tertiary/aromatic N) is 2. The minimum Gasteiger partial charge on any atom is -0.352 e. The second-order valence-electron chi connectivity index (χ2n) is 9.42. The van der Waals surface area contributed by atoms with Gasteiger partial charge in [-0.15, -0.1) is 0 Å². The topological polar surface area (TPSA) is 81.1 Å². The second-order valence-corrected chi connectivity index (χ2v) is 9.42. The van der Waals surface area contributed by atoms with Gasteiger partial charge in [0.1, 0.15) is 11.6 Å². The molecule has 0 radical (unpaired) electrons. The molecule has 3 aromatic rings. The molecule has 2 aromatic carbocycles. The number of alkyl halides is 3. The molecule has 0 bridgehead atoms. The Morgan fingerprint density at radius 3 is 2.29 bits per heavy atom. The fourth-order valence-electron chi connectivity index (χ4n) is 4.78. The standard InChI is InChI=1S/C28H27F4N3O3/c29-21-8-4-9-22(16-21)35-17-23(26(34-35)28(30,31)32)27(38)33-15-5-10-24(36)18-11-13-20(14-12-18)25(37)19-6-2-1-3-7-19/h1-4,6-9,16-18,20H,5,10-15H2,(H,33,38). The Balaban J connectivity index is 1.27. The van der Waals surface area contributed by atoms with E-state index in [1.807, 2.05) is 18.2 Å². The number of hydrogen-bond acceptors (Lipinski definition) is 4. The summed E-state index contributed by atoms with van der Waals surface area (Å²) < 4.78 is 54.8. The van der Waals surface area contributed by atoms with Gasteiger partial charge in [-0.05, 0) is 50.3 Å². The van der Waals surface area contributed by atoms with Crippen molar-refractivity contribution in [2.75, 3.05) is 6.54 Å². The molecule has 6 nitrogen and oxygen atoms in total. The Hall–Kier alpha value is -3.82. The maximum Gasteiger partial charge on any atom is 0.435 e. The first-order valence-electron chi connectivity index (χ1n) is 12.5. The molecule has 0 spiro atoms. The number of hydrogen-bond donors (Lipinski definition) is 1. The van der Waals surface area contributed by atoms with Crippen LogP contribution in [-0.4, -0.2) is 33.8 Å². The second kappa shape index (κ2) is 11.7. The lowest BCUT2D eigenvalue weighted by molar-refractivity contribution is -0.141. The van der Waals surface area contributed by atoms with E-state index in [-0.39, 0.29) is 48.5 Å². The van der Waals surface area contributed by atoms with Gasteiger partial charge in [-0.25, -0.2) is 9.07 Å². The van der Waals surface area contributed by atoms with E-state index in [1.54, 1.807) is 12.1 Å². The molecule has 1 fully saturated rings. The number of carbonyl (C=O) groups is 3. The zero-order chi connectivity index (χ0) is 27.3. The molecule has 1 aliphatic rings. The molecule has 1 saturated carbocycles. The van der Waals surface area contributed by atoms with Gasteiger partial charge in [-0.3, -0.25) is 14.4 Å². The summed E-state index contributed by atoms with van der Waals surface area (Å²) in [5, 5.41) is 5.88. The SMILES string of the molecule is O=C(NCCCC(=O)C1CCC(C(=O)c2ccccc2)CC1)c1cn(-c2cccc(F)c2)nc1C(F)(F)F. The number of aromatic nitrogens is 2. The average Bonchev–Trinajstić information content (AvgIpc) is 3.38. The molecule has 0 unspecified atom stereocenters. The molecule has 38 heavy (non-hydrogen) atoms. The van der Waals surface area contributed by atoms with Crippen molar-refractivity contribution in [2.24, 2.45) is 11.8 Å². The van der Waals surface area contributed by atoms with Crippen LogP contribution in [0.2, 0.25) is 0 Å². The van der Waals surface area contributed by atoms with Gasteiger partial charge in [-0.1, -0.05) is 36.4 Å². The molecular weight excluding hydrogens is 502 g/mol. The van der Waals surface area contributed by atoms with Crippen molar-refractivity contribution in [3.05, 3.63) is 83.4 Å². The monoisotopic (exact) mass is 529 g/mol. The summed E-state index contributed by atoms with van der Waals surface area (Å²) in [4.78, 5) is 37.8. The van der Waals surface area contributed by atoms with Crippen molar-refractivity contribution in [1.29, 1.82) is 0 Å². The zero-order valence-electron chi connectivity index (χ0n) is 20.5. The number of halogens is 4. The molecule has 1 aromatic heterocycles. The van der Waals surface area contributed by atoms with E-state index in [1.165, 1.54) is 12.1 Å². The van der Waals surface area contributed by atoms with Gasteiger partial charge in [0, 0.05) is 36.6 Å². The maximum absolute atomic E-state index is 13.5. The van der Waals surface area contributed by atoms with E-state index in [4.69, 9.17) is 0 Å². The van der Waals surface area contributed by atoms with Crippen LogP contribution in [0.5, 0.6) is 0 Å². The maximum atomic E-state index is 13.5. The normalized spacial score (nSPS) is 17.7. The van der Waals surface area contributed by atoms with E-state index in [0.717, 1.165) is 23.0 Å². The Morgan fingerprint density at radius 1 is 0.947 bits per heavy atom. The molecule has 1 N–H and O–H groups in total. The van der Waals surface area contributed by atoms with Crippen molar-refractivity contribution >= 4 is 17.5 Å². The summed E-state index contributed by atoms with van der Waals surface area (Å²) in [5.74, 6) is -1.77. The van der Waals surface area contributed by atoms with Gasteiger partial charge in [0.25, 0.3) is 5.91 Å². The number of Topliss-reactive ketones (excluding diaryl/α,β-unsaturated/α-hetero) is 2. The quantitative estimate of drug-likeness (QED) is 0.216. The largest absolute Gasteiger partial charge is 0.435 e. The highest BCUT2D eigenvalue weighted by Crippen LogP contribution is 2.33. The first kappa shape index (κ1) is 27.2. The fourth-order valence-corrected chi connectivity index (χ4v) is 4.78. The third kappa shape index (κ3) is 6.54. The van der Waals surface area contributed by atoms with Gasteiger partial charge < -0.3 is 5.32 Å². The van der Waals surface area contributed by atoms with Gasteiger partial charge in [0.2, 0.25) is 0 Å². The summed E-state index contributed by atoms with van der Waals surface area (Å²) in [5.41, 5.74) is -1.35. The van der Waals surface area contributed by atoms with Crippen molar-refractivity contribution < 1.29 is 31.9 Å². The van der Waals surface area contributed by atoms with E-state index in [0.29, 0.717) is 31.2 Å². The highest BCUT2D eigenvalue weighted by Gasteiger charge is 2.39. The third-order valence-corrected chi connectivity index (χ3v) is 6.80. The van der Waals surface area contributed by atoms with E-state index in [9.17, 15) is 31.9 Å². The number of nitrogens with one attached hydrogen (secondary N) is 1. The first-order chi connectivity index (χ1) is 18.1. The van der Waals surface area contributed by atoms with Crippen molar-refractivity contribution in [1.82, 2.24) is 15.1 Å². The van der Waals surface area contributed by atoms with Crippen LogP contribution >= 0.6 is 0 Å². The van der Waals surface area contributed by atoms with E-state index >= 15 is 0 Å². The molecule has 0 aliphatic heterocycles. The van der Waals surface area contributed by atoms with E-state index in [2.05, 4.69) is 10.4 Å². The lowest BCUT2D eigenvalue weighted by Crippen LogP contribution is -2.28. The summed E-state index contributed by atoms with van der Waals surface area (Å²) in [6, 6.07) is 13.9. The predicted octanol–water partition coefficient (Wildman–Crippen LogP) is 5.80. The smallest absolute Gasteiger partial charge is 0.352 e. The Labute approximate surface area is 217 Å².